The summed E-state index contributed by atoms with van der Waals surface area (Å²) in [6.45, 7) is 5.53. The fourth-order valence-electron chi connectivity index (χ4n) is 3.49. The van der Waals surface area contributed by atoms with Crippen LogP contribution in [-0.2, 0) is 4.79 Å². The van der Waals surface area contributed by atoms with Crippen molar-refractivity contribution in [3.05, 3.63) is 29.7 Å². The first-order valence-corrected chi connectivity index (χ1v) is 12.3. The number of hydrogen-bond donors (Lipinski definition) is 2. The second-order valence-electron chi connectivity index (χ2n) is 8.81. The van der Waals surface area contributed by atoms with Crippen molar-refractivity contribution in [3.63, 3.8) is 0 Å². The lowest BCUT2D eigenvalue weighted by Crippen LogP contribution is -2.39. The molecule has 1 fully saturated rings. The number of thioether (sulfide) groups is 1. The number of aromatic nitrogens is 1. The minimum absolute atomic E-state index is 0.204. The van der Waals surface area contributed by atoms with Gasteiger partial charge in [0, 0.05) is 12.3 Å². The maximum atomic E-state index is 14.8. The monoisotopic (exact) mass is 475 g/mol. The Hall–Kier alpha value is -2.07. The number of thiazole rings is 1. The van der Waals surface area contributed by atoms with Crippen LogP contribution in [0.15, 0.2) is 22.5 Å². The molecule has 0 saturated heterocycles. The molecule has 1 aromatic heterocycles. The number of rotatable bonds is 8. The van der Waals surface area contributed by atoms with E-state index < -0.39 is 23.2 Å². The zero-order chi connectivity index (χ0) is 23.5. The van der Waals surface area contributed by atoms with Crippen molar-refractivity contribution in [3.8, 4) is 0 Å². The summed E-state index contributed by atoms with van der Waals surface area (Å²) in [6, 6.07) is 2.41. The molecule has 2 N–H and O–H groups in total. The second-order valence-corrected chi connectivity index (χ2v) is 11.1. The van der Waals surface area contributed by atoms with Crippen molar-refractivity contribution in [2.24, 2.45) is 11.3 Å². The fourth-order valence-corrected chi connectivity index (χ4v) is 5.43. The maximum Gasteiger partial charge on any atom is 0.328 e. The number of aryl methyl sites for hydroxylation is 1. The number of anilines is 2. The first-order chi connectivity index (χ1) is 15.1. The molecule has 3 rings (SSSR count). The van der Waals surface area contributed by atoms with E-state index in [0.29, 0.717) is 34.4 Å². The Kier molecular flexibility index (Phi) is 7.87. The number of benzene rings is 1. The van der Waals surface area contributed by atoms with Gasteiger partial charge < -0.3 is 5.11 Å². The van der Waals surface area contributed by atoms with Gasteiger partial charge >= 0.3 is 12.0 Å². The molecule has 0 aliphatic heterocycles. The predicted molar refractivity (Wildman–Crippen MR) is 129 cm³/mol. The maximum absolute atomic E-state index is 14.8. The number of carbonyl (C=O) groups excluding carboxylic acids is 1. The number of carboxylic acids is 1. The summed E-state index contributed by atoms with van der Waals surface area (Å²) < 4.78 is 15.6. The molecule has 0 unspecified atom stereocenters. The standard InChI is InChI=1S/C22H27BFN3O3S2/c1-13-8-17(16(24)9-15(13)23)27(11-14-6-4-5-7-14)21(30)26-20-25-10-18(32-20)31-12-22(2,3)19(28)29/h8-10,14H,4-7,11-12H2,1-3H3,(H,28,29)(H,25,26,30). The summed E-state index contributed by atoms with van der Waals surface area (Å²) in [7, 11) is 5.83. The van der Waals surface area contributed by atoms with Gasteiger partial charge in [0.2, 0.25) is 0 Å². The lowest BCUT2D eigenvalue weighted by atomic mass is 9.90. The first-order valence-electron chi connectivity index (χ1n) is 10.5. The topological polar surface area (TPSA) is 82.5 Å². The Labute approximate surface area is 197 Å². The number of hydrogen-bond acceptors (Lipinski definition) is 5. The summed E-state index contributed by atoms with van der Waals surface area (Å²) in [5, 5.41) is 12.4. The molecule has 2 aromatic rings. The molecule has 1 aromatic carbocycles. The predicted octanol–water partition coefficient (Wildman–Crippen LogP) is 4.82. The van der Waals surface area contributed by atoms with E-state index in [2.05, 4.69) is 10.3 Å². The highest BCUT2D eigenvalue weighted by molar-refractivity contribution is 8.01. The molecule has 170 valence electrons. The lowest BCUT2D eigenvalue weighted by molar-refractivity contribution is -0.145. The zero-order valence-corrected chi connectivity index (χ0v) is 20.1. The largest absolute Gasteiger partial charge is 0.481 e. The molecule has 1 saturated carbocycles. The summed E-state index contributed by atoms with van der Waals surface area (Å²) in [5.41, 5.74) is 0.383. The Balaban J connectivity index is 1.75. The molecule has 32 heavy (non-hydrogen) atoms. The van der Waals surface area contributed by atoms with Crippen molar-refractivity contribution in [2.45, 2.75) is 50.7 Å². The average molecular weight is 475 g/mol. The van der Waals surface area contributed by atoms with Crippen molar-refractivity contribution >= 4 is 59.2 Å². The van der Waals surface area contributed by atoms with E-state index in [1.165, 1.54) is 34.1 Å². The number of carbonyl (C=O) groups is 2. The van der Waals surface area contributed by atoms with Crippen LogP contribution in [0, 0.1) is 24.1 Å². The van der Waals surface area contributed by atoms with Crippen LogP contribution in [0.25, 0.3) is 0 Å². The molecule has 10 heteroatoms. The SMILES string of the molecule is [B]c1cc(F)c(N(CC2CCCC2)C(=O)Nc2ncc(SCC(C)(C)C(=O)O)s2)cc1C. The van der Waals surface area contributed by atoms with Crippen LogP contribution in [0.3, 0.4) is 0 Å². The van der Waals surface area contributed by atoms with Gasteiger partial charge in [0.1, 0.15) is 13.7 Å². The number of nitrogens with zero attached hydrogens (tertiary/aromatic N) is 2. The molecule has 6 nitrogen and oxygen atoms in total. The third kappa shape index (κ3) is 6.04. The molecule has 2 radical (unpaired) electrons. The van der Waals surface area contributed by atoms with Crippen LogP contribution < -0.4 is 15.7 Å². The normalized spacial score (nSPS) is 14.5. The minimum atomic E-state index is -0.874. The van der Waals surface area contributed by atoms with E-state index in [0.717, 1.165) is 29.9 Å². The Morgan fingerprint density at radius 1 is 1.38 bits per heavy atom. The van der Waals surface area contributed by atoms with Gasteiger partial charge in [-0.05, 0) is 51.7 Å². The third-order valence-corrected chi connectivity index (χ3v) is 8.21. The number of aliphatic carboxylic acids is 1. The van der Waals surface area contributed by atoms with Gasteiger partial charge in [0.25, 0.3) is 0 Å². The molecular formula is C22H27BFN3O3S2. The van der Waals surface area contributed by atoms with Gasteiger partial charge in [0.05, 0.1) is 21.5 Å². The highest BCUT2D eigenvalue weighted by Crippen LogP contribution is 2.34. The van der Waals surface area contributed by atoms with E-state index in [9.17, 15) is 19.1 Å². The van der Waals surface area contributed by atoms with Gasteiger partial charge in [-0.15, -0.1) is 11.8 Å². The van der Waals surface area contributed by atoms with Crippen LogP contribution in [0.4, 0.5) is 20.0 Å². The van der Waals surface area contributed by atoms with Crippen LogP contribution in [0.1, 0.15) is 45.1 Å². The molecule has 1 heterocycles. The molecule has 0 bridgehead atoms. The summed E-state index contributed by atoms with van der Waals surface area (Å²) in [4.78, 5) is 30.1. The highest BCUT2D eigenvalue weighted by atomic mass is 32.2. The summed E-state index contributed by atoms with van der Waals surface area (Å²) in [6.07, 6.45) is 5.86. The van der Waals surface area contributed by atoms with Crippen LogP contribution in [0.5, 0.6) is 0 Å². The molecule has 0 spiro atoms. The minimum Gasteiger partial charge on any atom is -0.481 e. The van der Waals surface area contributed by atoms with E-state index in [1.807, 2.05) is 0 Å². The van der Waals surface area contributed by atoms with E-state index in [1.54, 1.807) is 33.0 Å². The molecule has 1 aliphatic carbocycles. The average Bonchev–Trinajstić information content (AvgIpc) is 3.39. The zero-order valence-electron chi connectivity index (χ0n) is 18.5. The van der Waals surface area contributed by atoms with E-state index in [-0.39, 0.29) is 5.69 Å². The van der Waals surface area contributed by atoms with Crippen molar-refractivity contribution < 1.29 is 19.1 Å². The Morgan fingerprint density at radius 2 is 2.06 bits per heavy atom. The number of amides is 2. The van der Waals surface area contributed by atoms with Crippen molar-refractivity contribution in [1.82, 2.24) is 4.98 Å². The van der Waals surface area contributed by atoms with Crippen LogP contribution in [-0.4, -0.2) is 42.2 Å². The van der Waals surface area contributed by atoms with E-state index in [4.69, 9.17) is 7.85 Å². The van der Waals surface area contributed by atoms with Crippen molar-refractivity contribution in [1.29, 1.82) is 0 Å². The molecule has 0 atom stereocenters. The third-order valence-electron chi connectivity index (χ3n) is 5.64. The highest BCUT2D eigenvalue weighted by Gasteiger charge is 2.28. The number of urea groups is 1. The van der Waals surface area contributed by atoms with Gasteiger partial charge in [-0.3, -0.25) is 15.0 Å². The quantitative estimate of drug-likeness (QED) is 0.423. The fraction of sp³-hybridized carbons (Fsp3) is 0.500. The lowest BCUT2D eigenvalue weighted by Gasteiger charge is -2.26. The van der Waals surface area contributed by atoms with Crippen LogP contribution in [0.2, 0.25) is 0 Å². The smallest absolute Gasteiger partial charge is 0.328 e. The Bertz CT molecular complexity index is 993. The molecular weight excluding hydrogens is 448 g/mol. The first kappa shape index (κ1) is 24.6. The second kappa shape index (κ2) is 10.3. The van der Waals surface area contributed by atoms with Crippen LogP contribution >= 0.6 is 23.1 Å². The molecule has 2 amide bonds. The Morgan fingerprint density at radius 3 is 2.72 bits per heavy atom. The summed E-state index contributed by atoms with van der Waals surface area (Å²) in [5.74, 6) is -0.709. The number of halogens is 1. The van der Waals surface area contributed by atoms with Gasteiger partial charge in [0.15, 0.2) is 5.13 Å². The molecule has 1 aliphatic rings. The van der Waals surface area contributed by atoms with E-state index >= 15 is 0 Å². The summed E-state index contributed by atoms with van der Waals surface area (Å²) >= 11 is 2.64. The van der Waals surface area contributed by atoms with Gasteiger partial charge in [-0.25, -0.2) is 14.2 Å². The van der Waals surface area contributed by atoms with Gasteiger partial charge in [-0.1, -0.05) is 35.2 Å². The number of nitrogens with one attached hydrogen (secondary N) is 1. The number of carboxylic acid groups (broad SMARTS) is 1. The van der Waals surface area contributed by atoms with Gasteiger partial charge in [-0.2, -0.15) is 0 Å². The van der Waals surface area contributed by atoms with Crippen molar-refractivity contribution in [2.75, 3.05) is 22.5 Å².